The predicted molar refractivity (Wildman–Crippen MR) is 100 cm³/mol. The van der Waals surface area contributed by atoms with E-state index < -0.39 is 0 Å². The van der Waals surface area contributed by atoms with Gasteiger partial charge in [0.1, 0.15) is 12.4 Å². The summed E-state index contributed by atoms with van der Waals surface area (Å²) >= 11 is 0. The number of benzene rings is 2. The summed E-state index contributed by atoms with van der Waals surface area (Å²) in [6, 6.07) is 19.4. The van der Waals surface area contributed by atoms with Crippen molar-refractivity contribution < 1.29 is 4.86 Å². The van der Waals surface area contributed by atoms with Gasteiger partial charge < -0.3 is 5.21 Å². The Kier molecular flexibility index (Phi) is 4.57. The first-order chi connectivity index (χ1) is 13.3. The van der Waals surface area contributed by atoms with Crippen LogP contribution in [0.1, 0.15) is 0 Å². The molecule has 0 bridgehead atoms. The summed E-state index contributed by atoms with van der Waals surface area (Å²) in [5, 5.41) is 16.0. The fourth-order valence-electron chi connectivity index (χ4n) is 2.48. The Balaban J connectivity index is 1.54. The molecule has 0 aliphatic carbocycles. The summed E-state index contributed by atoms with van der Waals surface area (Å²) in [5.41, 5.74) is 3.62. The van der Waals surface area contributed by atoms with E-state index in [4.69, 9.17) is 0 Å². The van der Waals surface area contributed by atoms with Crippen LogP contribution in [0.25, 0.3) is 22.3 Å². The predicted octanol–water partition coefficient (Wildman–Crippen LogP) is 4.53. The van der Waals surface area contributed by atoms with Crippen LogP contribution < -0.4 is 0 Å². The van der Waals surface area contributed by atoms with Gasteiger partial charge in [-0.05, 0) is 11.1 Å². The minimum absolute atomic E-state index is 0.0421. The summed E-state index contributed by atoms with van der Waals surface area (Å²) in [6.45, 7) is 0. The van der Waals surface area contributed by atoms with Gasteiger partial charge in [-0.2, -0.15) is 0 Å². The third-order valence-electron chi connectivity index (χ3n) is 3.84. The number of hydrogen-bond acceptors (Lipinski definition) is 6. The smallest absolute Gasteiger partial charge is 0.453 e. The molecule has 2 aromatic heterocycles. The van der Waals surface area contributed by atoms with Crippen LogP contribution in [0.3, 0.4) is 0 Å². The Bertz CT molecular complexity index is 1050. The Morgan fingerprint density at radius 1 is 0.593 bits per heavy atom. The molecule has 4 aromatic rings. The highest BCUT2D eigenvalue weighted by Gasteiger charge is 2.10. The topological polar surface area (TPSA) is 90.0 Å². The molecule has 2 heterocycles. The third kappa shape index (κ3) is 3.82. The lowest BCUT2D eigenvalue weighted by Crippen LogP contribution is -1.98. The van der Waals surface area contributed by atoms with E-state index in [9.17, 15) is 5.21 Å². The van der Waals surface area contributed by atoms with Gasteiger partial charge in [-0.1, -0.05) is 75.7 Å². The Morgan fingerprint density at radius 2 is 1.04 bits per heavy atom. The number of azo groups is 1. The fraction of sp³-hybridized carbons (Fsp3) is 0. The molecule has 0 N–H and O–H groups in total. The molecule has 7 heteroatoms. The van der Waals surface area contributed by atoms with Crippen LogP contribution in [0.4, 0.5) is 11.9 Å². The van der Waals surface area contributed by atoms with Crippen LogP contribution in [0.2, 0.25) is 0 Å². The van der Waals surface area contributed by atoms with E-state index in [1.54, 1.807) is 24.8 Å². The van der Waals surface area contributed by atoms with Gasteiger partial charge in [0.25, 0.3) is 5.95 Å². The monoisotopic (exact) mass is 354 g/mol. The molecular weight excluding hydrogens is 340 g/mol. The SMILES string of the molecule is [O-]/[N+](=N/c1ncc(-c2ccccc2)cn1)c1ncc(-c2ccccc2)cn1. The minimum atomic E-state index is -0.0783. The molecule has 0 aliphatic rings. The second-order valence-electron chi connectivity index (χ2n) is 5.65. The highest BCUT2D eigenvalue weighted by Crippen LogP contribution is 2.20. The van der Waals surface area contributed by atoms with E-state index in [0.29, 0.717) is 4.86 Å². The van der Waals surface area contributed by atoms with Crippen LogP contribution in [-0.2, 0) is 0 Å². The quantitative estimate of drug-likeness (QED) is 0.305. The largest absolute Gasteiger partial charge is 0.721 e. The molecule has 0 unspecified atom stereocenters. The highest BCUT2D eigenvalue weighted by molar-refractivity contribution is 5.62. The maximum absolute atomic E-state index is 12.2. The van der Waals surface area contributed by atoms with E-state index in [1.807, 2.05) is 60.7 Å². The van der Waals surface area contributed by atoms with Crippen molar-refractivity contribution >= 4 is 11.9 Å². The van der Waals surface area contributed by atoms with Gasteiger partial charge in [-0.15, -0.1) is 4.86 Å². The van der Waals surface area contributed by atoms with Crippen LogP contribution >= 0.6 is 0 Å². The lowest BCUT2D eigenvalue weighted by atomic mass is 10.1. The molecule has 7 nitrogen and oxygen atoms in total. The van der Waals surface area contributed by atoms with Gasteiger partial charge in [0.2, 0.25) is 0 Å². The van der Waals surface area contributed by atoms with E-state index in [-0.39, 0.29) is 11.9 Å². The second kappa shape index (κ2) is 7.49. The Morgan fingerprint density at radius 3 is 1.52 bits per heavy atom. The first-order valence-electron chi connectivity index (χ1n) is 8.23. The molecule has 4 rings (SSSR count). The standard InChI is InChI=1S/C20H14N6O/c27-26(20-23-13-18(14-24-20)16-9-5-2-6-10-16)25-19-21-11-17(12-22-19)15-7-3-1-4-8-15/h1-14H/b26-25+. The van der Waals surface area contributed by atoms with Crippen molar-refractivity contribution in [1.29, 1.82) is 0 Å². The normalized spacial score (nSPS) is 11.3. The van der Waals surface area contributed by atoms with Gasteiger partial charge in [0, 0.05) is 18.0 Å². The average Bonchev–Trinajstić information content (AvgIpc) is 2.76. The molecule has 0 amide bonds. The zero-order valence-corrected chi connectivity index (χ0v) is 14.2. The molecule has 0 atom stereocenters. The van der Waals surface area contributed by atoms with Crippen LogP contribution in [-0.4, -0.2) is 24.8 Å². The average molecular weight is 354 g/mol. The summed E-state index contributed by atoms with van der Waals surface area (Å²) in [5.74, 6) is -0.0363. The number of aromatic nitrogens is 4. The summed E-state index contributed by atoms with van der Waals surface area (Å²) in [6.07, 6.45) is 6.40. The third-order valence-corrected chi connectivity index (χ3v) is 3.84. The molecular formula is C20H14N6O. The van der Waals surface area contributed by atoms with Crippen molar-refractivity contribution in [3.63, 3.8) is 0 Å². The van der Waals surface area contributed by atoms with Gasteiger partial charge >= 0.3 is 5.95 Å². The van der Waals surface area contributed by atoms with E-state index in [2.05, 4.69) is 25.1 Å². The number of rotatable bonds is 4. The van der Waals surface area contributed by atoms with Crippen molar-refractivity contribution in [2.75, 3.05) is 0 Å². The zero-order chi connectivity index (χ0) is 18.5. The van der Waals surface area contributed by atoms with Crippen LogP contribution in [0.5, 0.6) is 0 Å². The van der Waals surface area contributed by atoms with E-state index in [0.717, 1.165) is 22.3 Å². The molecule has 0 aliphatic heterocycles. The Hall–Kier alpha value is -4.00. The minimum Gasteiger partial charge on any atom is -0.721 e. The van der Waals surface area contributed by atoms with E-state index >= 15 is 0 Å². The molecule has 2 aromatic carbocycles. The molecule has 130 valence electrons. The Labute approximate surface area is 155 Å². The maximum atomic E-state index is 12.2. The maximum Gasteiger partial charge on any atom is 0.453 e. The number of hydrogen-bond donors (Lipinski definition) is 0. The van der Waals surface area contributed by atoms with Gasteiger partial charge in [0.15, 0.2) is 0 Å². The molecule has 27 heavy (non-hydrogen) atoms. The van der Waals surface area contributed by atoms with Crippen molar-refractivity contribution in [3.8, 4) is 22.3 Å². The lowest BCUT2D eigenvalue weighted by molar-refractivity contribution is -0.444. The van der Waals surface area contributed by atoms with Crippen molar-refractivity contribution in [3.05, 3.63) is 90.7 Å². The summed E-state index contributed by atoms with van der Waals surface area (Å²) < 4.78 is 0. The van der Waals surface area contributed by atoms with Crippen molar-refractivity contribution in [2.45, 2.75) is 0 Å². The lowest BCUT2D eigenvalue weighted by Gasteiger charge is -2.04. The molecule has 0 spiro atoms. The number of nitrogens with zero attached hydrogens (tertiary/aromatic N) is 6. The highest BCUT2D eigenvalue weighted by atomic mass is 16.5. The summed E-state index contributed by atoms with van der Waals surface area (Å²) in [4.78, 5) is 16.7. The first-order valence-corrected chi connectivity index (χ1v) is 8.23. The van der Waals surface area contributed by atoms with Gasteiger partial charge in [-0.25, -0.2) is 9.97 Å². The van der Waals surface area contributed by atoms with Crippen LogP contribution in [0.15, 0.2) is 90.6 Å². The van der Waals surface area contributed by atoms with Crippen molar-refractivity contribution in [2.24, 2.45) is 5.11 Å². The molecule has 0 saturated carbocycles. The fourth-order valence-corrected chi connectivity index (χ4v) is 2.48. The van der Waals surface area contributed by atoms with Crippen LogP contribution in [0, 0.1) is 5.21 Å². The van der Waals surface area contributed by atoms with E-state index in [1.165, 1.54) is 0 Å². The van der Waals surface area contributed by atoms with Crippen molar-refractivity contribution in [1.82, 2.24) is 19.9 Å². The second-order valence-corrected chi connectivity index (χ2v) is 5.65. The molecule has 0 fully saturated rings. The molecule has 0 saturated heterocycles. The van der Waals surface area contributed by atoms with Gasteiger partial charge in [-0.3, -0.25) is 0 Å². The zero-order valence-electron chi connectivity index (χ0n) is 14.2. The van der Waals surface area contributed by atoms with Gasteiger partial charge in [0.05, 0.1) is 5.56 Å². The first kappa shape index (κ1) is 16.5. The summed E-state index contributed by atoms with van der Waals surface area (Å²) in [7, 11) is 0. The molecule has 0 radical (unpaired) electrons.